The van der Waals surface area contributed by atoms with Crippen molar-refractivity contribution >= 4 is 10.0 Å². The van der Waals surface area contributed by atoms with Crippen LogP contribution in [0.25, 0.3) is 0 Å². The van der Waals surface area contributed by atoms with Crippen molar-refractivity contribution in [2.45, 2.75) is 57.2 Å². The first kappa shape index (κ1) is 14.2. The summed E-state index contributed by atoms with van der Waals surface area (Å²) in [6, 6.07) is 1.95. The van der Waals surface area contributed by atoms with Crippen LogP contribution in [0, 0.1) is 0 Å². The summed E-state index contributed by atoms with van der Waals surface area (Å²) in [5, 5.41) is 8.58. The van der Waals surface area contributed by atoms with Crippen molar-refractivity contribution in [3.63, 3.8) is 0 Å². The van der Waals surface area contributed by atoms with E-state index in [1.165, 1.54) is 25.7 Å². The number of hydrogen-bond acceptors (Lipinski definition) is 4. The molecule has 18 heavy (non-hydrogen) atoms. The van der Waals surface area contributed by atoms with Gasteiger partial charge in [-0.2, -0.15) is 0 Å². The van der Waals surface area contributed by atoms with Crippen LogP contribution in [0.3, 0.4) is 0 Å². The van der Waals surface area contributed by atoms with Gasteiger partial charge in [0.2, 0.25) is 10.0 Å². The number of fused-ring (bicyclic) bond motifs is 2. The monoisotopic (exact) mass is 275 g/mol. The molecule has 2 unspecified atom stereocenters. The van der Waals surface area contributed by atoms with Gasteiger partial charge in [-0.25, -0.2) is 13.6 Å². The number of nitrogens with two attached hydrogens (primary N) is 1. The Morgan fingerprint density at radius 1 is 1.28 bits per heavy atom. The second kappa shape index (κ2) is 5.86. The van der Waals surface area contributed by atoms with Crippen LogP contribution in [0.5, 0.6) is 0 Å². The van der Waals surface area contributed by atoms with E-state index in [2.05, 4.69) is 17.1 Å². The molecule has 0 aromatic carbocycles. The van der Waals surface area contributed by atoms with Crippen LogP contribution >= 0.6 is 0 Å². The van der Waals surface area contributed by atoms with Crippen LogP contribution in [0.2, 0.25) is 0 Å². The second-order valence-corrected chi connectivity index (χ2v) is 7.30. The van der Waals surface area contributed by atoms with Gasteiger partial charge in [0.25, 0.3) is 0 Å². The van der Waals surface area contributed by atoms with Gasteiger partial charge in [0, 0.05) is 18.1 Å². The lowest BCUT2D eigenvalue weighted by molar-refractivity contribution is 0.118. The summed E-state index contributed by atoms with van der Waals surface area (Å²) in [7, 11) is -3.30. The van der Waals surface area contributed by atoms with Gasteiger partial charge >= 0.3 is 0 Å². The van der Waals surface area contributed by atoms with Crippen LogP contribution < -0.4 is 10.5 Å². The fraction of sp³-hybridized carbons (Fsp3) is 1.00. The fourth-order valence-corrected chi connectivity index (χ4v) is 4.07. The summed E-state index contributed by atoms with van der Waals surface area (Å²) in [5.41, 5.74) is 0. The molecule has 0 aromatic rings. The third-order valence-electron chi connectivity index (χ3n) is 4.22. The van der Waals surface area contributed by atoms with Crippen molar-refractivity contribution in [3.8, 4) is 0 Å². The Kier molecular flexibility index (Phi) is 4.64. The van der Waals surface area contributed by atoms with E-state index >= 15 is 0 Å². The molecule has 5 nitrogen and oxygen atoms in total. The predicted octanol–water partition coefficient (Wildman–Crippen LogP) is 0.270. The Balaban J connectivity index is 1.81. The third-order valence-corrected chi connectivity index (χ3v) is 5.08. The minimum Gasteiger partial charge on any atom is -0.314 e. The van der Waals surface area contributed by atoms with Gasteiger partial charge in [0.1, 0.15) is 0 Å². The zero-order valence-electron chi connectivity index (χ0n) is 11.1. The zero-order chi connectivity index (χ0) is 13.2. The summed E-state index contributed by atoms with van der Waals surface area (Å²) in [6.07, 6.45) is 5.61. The van der Waals surface area contributed by atoms with E-state index in [0.717, 1.165) is 13.1 Å². The molecule has 106 valence electrons. The number of hydrogen-bond donors (Lipinski definition) is 2. The molecule has 0 radical (unpaired) electrons. The molecule has 2 aliphatic rings. The highest BCUT2D eigenvalue weighted by Crippen LogP contribution is 2.35. The maximum Gasteiger partial charge on any atom is 0.209 e. The normalized spacial score (nSPS) is 32.9. The van der Waals surface area contributed by atoms with Gasteiger partial charge in [0.05, 0.1) is 5.75 Å². The van der Waals surface area contributed by atoms with E-state index in [1.54, 1.807) is 0 Å². The SMILES string of the molecule is CCNC1CC2CCC(C1)N2CCCS(N)(=O)=O. The highest BCUT2D eigenvalue weighted by Gasteiger charge is 2.39. The van der Waals surface area contributed by atoms with E-state index < -0.39 is 10.0 Å². The maximum absolute atomic E-state index is 10.9. The van der Waals surface area contributed by atoms with Crippen LogP contribution in [0.4, 0.5) is 0 Å². The molecule has 2 atom stereocenters. The van der Waals surface area contributed by atoms with Crippen molar-refractivity contribution in [2.75, 3.05) is 18.8 Å². The molecule has 0 aliphatic carbocycles. The highest BCUT2D eigenvalue weighted by molar-refractivity contribution is 7.89. The molecule has 6 heteroatoms. The van der Waals surface area contributed by atoms with E-state index in [1.807, 2.05) is 0 Å². The van der Waals surface area contributed by atoms with E-state index in [4.69, 9.17) is 5.14 Å². The van der Waals surface area contributed by atoms with Crippen molar-refractivity contribution < 1.29 is 8.42 Å². The van der Waals surface area contributed by atoms with Gasteiger partial charge in [0.15, 0.2) is 0 Å². The molecule has 0 amide bonds. The third kappa shape index (κ3) is 3.66. The average molecular weight is 275 g/mol. The van der Waals surface area contributed by atoms with Crippen molar-refractivity contribution in [1.29, 1.82) is 0 Å². The molecule has 2 fully saturated rings. The molecular weight excluding hydrogens is 250 g/mol. The molecule has 2 heterocycles. The van der Waals surface area contributed by atoms with E-state index in [0.29, 0.717) is 24.5 Å². The van der Waals surface area contributed by atoms with Gasteiger partial charge in [-0.1, -0.05) is 6.92 Å². The maximum atomic E-state index is 10.9. The minimum absolute atomic E-state index is 0.111. The van der Waals surface area contributed by atoms with Gasteiger partial charge < -0.3 is 5.32 Å². The van der Waals surface area contributed by atoms with Crippen molar-refractivity contribution in [1.82, 2.24) is 10.2 Å². The Labute approximate surface area is 110 Å². The van der Waals surface area contributed by atoms with Gasteiger partial charge in [-0.05, 0) is 45.2 Å². The van der Waals surface area contributed by atoms with Crippen molar-refractivity contribution in [3.05, 3.63) is 0 Å². The summed E-state index contributed by atoms with van der Waals surface area (Å²) < 4.78 is 21.9. The average Bonchev–Trinajstić information content (AvgIpc) is 2.51. The van der Waals surface area contributed by atoms with Gasteiger partial charge in [-0.15, -0.1) is 0 Å². The summed E-state index contributed by atoms with van der Waals surface area (Å²) in [6.45, 7) is 4.07. The van der Waals surface area contributed by atoms with Crippen LogP contribution in [0.15, 0.2) is 0 Å². The smallest absolute Gasteiger partial charge is 0.209 e. The van der Waals surface area contributed by atoms with Crippen LogP contribution in [0.1, 0.15) is 39.0 Å². The first-order chi connectivity index (χ1) is 8.49. The number of nitrogens with zero attached hydrogens (tertiary/aromatic N) is 1. The zero-order valence-corrected chi connectivity index (χ0v) is 12.0. The predicted molar refractivity (Wildman–Crippen MR) is 72.8 cm³/mol. The van der Waals surface area contributed by atoms with Gasteiger partial charge in [-0.3, -0.25) is 4.90 Å². The molecule has 0 aromatic heterocycles. The van der Waals surface area contributed by atoms with Crippen molar-refractivity contribution in [2.24, 2.45) is 5.14 Å². The van der Waals surface area contributed by atoms with Crippen LogP contribution in [-0.2, 0) is 10.0 Å². The number of nitrogens with one attached hydrogen (secondary N) is 1. The molecule has 2 saturated heterocycles. The topological polar surface area (TPSA) is 75.4 Å². The number of rotatable bonds is 6. The summed E-state index contributed by atoms with van der Waals surface area (Å²) in [4.78, 5) is 2.51. The number of piperidine rings is 1. The first-order valence-corrected chi connectivity index (χ1v) is 8.70. The Hall–Kier alpha value is -0.170. The molecule has 2 rings (SSSR count). The molecule has 3 N–H and O–H groups in total. The fourth-order valence-electron chi connectivity index (χ4n) is 3.54. The quantitative estimate of drug-likeness (QED) is 0.729. The van der Waals surface area contributed by atoms with E-state index in [-0.39, 0.29) is 5.75 Å². The Morgan fingerprint density at radius 2 is 1.89 bits per heavy atom. The second-order valence-electron chi connectivity index (χ2n) is 5.57. The first-order valence-electron chi connectivity index (χ1n) is 6.99. The lowest BCUT2D eigenvalue weighted by Crippen LogP contribution is -2.49. The number of sulfonamides is 1. The lowest BCUT2D eigenvalue weighted by Gasteiger charge is -2.39. The molecule has 2 aliphatic heterocycles. The summed E-state index contributed by atoms with van der Waals surface area (Å²) in [5.74, 6) is 0.111. The largest absolute Gasteiger partial charge is 0.314 e. The van der Waals surface area contributed by atoms with E-state index in [9.17, 15) is 8.42 Å². The molecule has 0 spiro atoms. The lowest BCUT2D eigenvalue weighted by atomic mass is 9.97. The Morgan fingerprint density at radius 3 is 2.39 bits per heavy atom. The number of primary sulfonamides is 1. The molecule has 0 saturated carbocycles. The van der Waals surface area contributed by atoms with Crippen LogP contribution in [-0.4, -0.2) is 50.3 Å². The molecular formula is C12H25N3O2S. The minimum atomic E-state index is -3.30. The molecule has 2 bridgehead atoms. The highest BCUT2D eigenvalue weighted by atomic mass is 32.2. The standard InChI is InChI=1S/C12H25N3O2S/c1-2-14-10-8-11-4-5-12(9-10)15(11)6-3-7-18(13,16)17/h10-12,14H,2-9H2,1H3,(H2,13,16,17). The summed E-state index contributed by atoms with van der Waals surface area (Å²) >= 11 is 0. The Bertz CT molecular complexity index is 358.